The SMILES string of the molecule is CCCCCCCCCCCCOc1c(OC)cc(C=CC(=O)NN2CCN(c3ccccc3)CC2)cc1OC. The summed E-state index contributed by atoms with van der Waals surface area (Å²) in [5.41, 5.74) is 5.01. The molecule has 0 unspecified atom stereocenters. The molecule has 1 aliphatic rings. The zero-order valence-corrected chi connectivity index (χ0v) is 24.8. The highest BCUT2D eigenvalue weighted by Crippen LogP contribution is 2.39. The Morgan fingerprint density at radius 1 is 0.825 bits per heavy atom. The highest BCUT2D eigenvalue weighted by Gasteiger charge is 2.18. The molecule has 1 heterocycles. The molecule has 7 heteroatoms. The van der Waals surface area contributed by atoms with Crippen LogP contribution in [-0.2, 0) is 4.79 Å². The van der Waals surface area contributed by atoms with Gasteiger partial charge in [-0.3, -0.25) is 10.2 Å². The van der Waals surface area contributed by atoms with Crippen LogP contribution in [-0.4, -0.2) is 57.9 Å². The summed E-state index contributed by atoms with van der Waals surface area (Å²) in [6, 6.07) is 14.1. The maximum Gasteiger partial charge on any atom is 0.258 e. The standard InChI is InChI=1S/C33H49N3O4/c1-4-5-6-7-8-9-10-11-12-16-25-40-33-30(38-2)26-28(27-31(33)39-3)19-20-32(37)34-36-23-21-35(22-24-36)29-17-14-13-15-18-29/h13-15,17-20,26-27H,4-12,16,21-25H2,1-3H3,(H,34,37). The first kappa shape index (κ1) is 31.3. The van der Waals surface area contributed by atoms with Gasteiger partial charge in [0.15, 0.2) is 11.5 Å². The highest BCUT2D eigenvalue weighted by molar-refractivity contribution is 5.91. The minimum Gasteiger partial charge on any atom is -0.493 e. The molecule has 2 aromatic rings. The van der Waals surface area contributed by atoms with E-state index in [4.69, 9.17) is 14.2 Å². The molecule has 0 aromatic heterocycles. The maximum atomic E-state index is 12.6. The number of piperazine rings is 1. The number of nitrogens with one attached hydrogen (secondary N) is 1. The van der Waals surface area contributed by atoms with Crippen LogP contribution in [0.3, 0.4) is 0 Å². The van der Waals surface area contributed by atoms with E-state index >= 15 is 0 Å². The van der Waals surface area contributed by atoms with Gasteiger partial charge >= 0.3 is 0 Å². The number of hydrazine groups is 1. The van der Waals surface area contributed by atoms with Crippen molar-refractivity contribution in [2.24, 2.45) is 0 Å². The van der Waals surface area contributed by atoms with Gasteiger partial charge in [-0.1, -0.05) is 82.9 Å². The fraction of sp³-hybridized carbons (Fsp3) is 0.545. The van der Waals surface area contributed by atoms with Crippen molar-refractivity contribution >= 4 is 17.7 Å². The lowest BCUT2D eigenvalue weighted by atomic mass is 10.1. The summed E-state index contributed by atoms with van der Waals surface area (Å²) in [6.07, 6.45) is 16.2. The van der Waals surface area contributed by atoms with E-state index in [0.29, 0.717) is 23.9 Å². The topological polar surface area (TPSA) is 63.3 Å². The third kappa shape index (κ3) is 10.8. The van der Waals surface area contributed by atoms with Crippen molar-refractivity contribution in [3.8, 4) is 17.2 Å². The maximum absolute atomic E-state index is 12.6. The van der Waals surface area contributed by atoms with Gasteiger partial charge in [0.05, 0.1) is 20.8 Å². The molecule has 1 fully saturated rings. The molecule has 2 aromatic carbocycles. The Balaban J connectivity index is 1.41. The summed E-state index contributed by atoms with van der Waals surface area (Å²) >= 11 is 0. The number of unbranched alkanes of at least 4 members (excludes halogenated alkanes) is 9. The van der Waals surface area contributed by atoms with E-state index in [9.17, 15) is 4.79 Å². The molecule has 0 aliphatic carbocycles. The Hall–Kier alpha value is -3.19. The predicted octanol–water partition coefficient (Wildman–Crippen LogP) is 6.87. The van der Waals surface area contributed by atoms with Crippen LogP contribution >= 0.6 is 0 Å². The molecule has 40 heavy (non-hydrogen) atoms. The van der Waals surface area contributed by atoms with E-state index in [2.05, 4.69) is 41.5 Å². The van der Waals surface area contributed by atoms with Crippen LogP contribution in [0.5, 0.6) is 17.2 Å². The van der Waals surface area contributed by atoms with Gasteiger partial charge in [-0.2, -0.15) is 0 Å². The van der Waals surface area contributed by atoms with Gasteiger partial charge in [0, 0.05) is 37.9 Å². The summed E-state index contributed by atoms with van der Waals surface area (Å²) < 4.78 is 17.3. The predicted molar refractivity (Wildman–Crippen MR) is 164 cm³/mol. The number of hydrogen-bond acceptors (Lipinski definition) is 6. The number of ether oxygens (including phenoxy) is 3. The fourth-order valence-corrected chi connectivity index (χ4v) is 4.98. The minimum atomic E-state index is -0.160. The van der Waals surface area contributed by atoms with Crippen LogP contribution in [0.2, 0.25) is 0 Å². The summed E-state index contributed by atoms with van der Waals surface area (Å²) in [7, 11) is 3.24. The summed E-state index contributed by atoms with van der Waals surface area (Å²) in [4.78, 5) is 14.9. The number of carbonyl (C=O) groups excluding carboxylic acids is 1. The first-order valence-corrected chi connectivity index (χ1v) is 15.1. The molecule has 7 nitrogen and oxygen atoms in total. The summed E-state index contributed by atoms with van der Waals surface area (Å²) in [5.74, 6) is 1.65. The first-order valence-electron chi connectivity index (χ1n) is 15.1. The van der Waals surface area contributed by atoms with Crippen LogP contribution in [0.15, 0.2) is 48.5 Å². The fourth-order valence-electron chi connectivity index (χ4n) is 4.98. The average molecular weight is 552 g/mol. The Morgan fingerprint density at radius 3 is 1.98 bits per heavy atom. The van der Waals surface area contributed by atoms with Gasteiger partial charge in [0.25, 0.3) is 5.91 Å². The molecule has 1 saturated heterocycles. The monoisotopic (exact) mass is 551 g/mol. The van der Waals surface area contributed by atoms with Gasteiger partial charge in [-0.15, -0.1) is 0 Å². The Bertz CT molecular complexity index is 995. The minimum absolute atomic E-state index is 0.160. The van der Waals surface area contributed by atoms with Crippen LogP contribution in [0.25, 0.3) is 6.08 Å². The quantitative estimate of drug-likeness (QED) is 0.161. The molecule has 3 rings (SSSR count). The lowest BCUT2D eigenvalue weighted by Gasteiger charge is -2.35. The van der Waals surface area contributed by atoms with Gasteiger partial charge in [-0.05, 0) is 42.3 Å². The van der Waals surface area contributed by atoms with Crippen molar-refractivity contribution in [1.29, 1.82) is 0 Å². The smallest absolute Gasteiger partial charge is 0.258 e. The van der Waals surface area contributed by atoms with Crippen molar-refractivity contribution < 1.29 is 19.0 Å². The van der Waals surface area contributed by atoms with E-state index in [-0.39, 0.29) is 5.91 Å². The lowest BCUT2D eigenvalue weighted by Crippen LogP contribution is -2.53. The van der Waals surface area contributed by atoms with E-state index in [0.717, 1.165) is 44.6 Å². The van der Waals surface area contributed by atoms with E-state index in [1.54, 1.807) is 26.4 Å². The molecular formula is C33H49N3O4. The normalized spacial score (nSPS) is 13.9. The third-order valence-electron chi connectivity index (χ3n) is 7.32. The van der Waals surface area contributed by atoms with E-state index in [1.807, 2.05) is 23.2 Å². The van der Waals surface area contributed by atoms with Crippen molar-refractivity contribution in [2.75, 3.05) is 51.9 Å². The second-order valence-electron chi connectivity index (χ2n) is 10.4. The molecule has 220 valence electrons. The van der Waals surface area contributed by atoms with Gasteiger partial charge in [-0.25, -0.2) is 5.01 Å². The number of para-hydroxylation sites is 1. The summed E-state index contributed by atoms with van der Waals surface area (Å²) in [5, 5.41) is 1.97. The van der Waals surface area contributed by atoms with Gasteiger partial charge in [0.1, 0.15) is 0 Å². The Morgan fingerprint density at radius 2 is 1.40 bits per heavy atom. The molecule has 1 aliphatic heterocycles. The number of hydrogen-bond donors (Lipinski definition) is 1. The molecule has 1 N–H and O–H groups in total. The molecule has 0 saturated carbocycles. The average Bonchev–Trinajstić information content (AvgIpc) is 2.99. The van der Waals surface area contributed by atoms with Crippen LogP contribution in [0, 0.1) is 0 Å². The van der Waals surface area contributed by atoms with Crippen molar-refractivity contribution in [1.82, 2.24) is 10.4 Å². The Labute approximate surface area is 241 Å². The van der Waals surface area contributed by atoms with Crippen molar-refractivity contribution in [2.45, 2.75) is 71.1 Å². The number of carbonyl (C=O) groups is 1. The van der Waals surface area contributed by atoms with Crippen LogP contribution in [0.1, 0.15) is 76.7 Å². The zero-order chi connectivity index (χ0) is 28.4. The number of amides is 1. The zero-order valence-electron chi connectivity index (χ0n) is 24.8. The largest absolute Gasteiger partial charge is 0.493 e. The second-order valence-corrected chi connectivity index (χ2v) is 10.4. The highest BCUT2D eigenvalue weighted by atomic mass is 16.5. The van der Waals surface area contributed by atoms with Crippen molar-refractivity contribution in [3.63, 3.8) is 0 Å². The van der Waals surface area contributed by atoms with Crippen molar-refractivity contribution in [3.05, 3.63) is 54.1 Å². The number of rotatable bonds is 18. The number of nitrogens with zero attached hydrogens (tertiary/aromatic N) is 2. The van der Waals surface area contributed by atoms with Gasteiger partial charge < -0.3 is 19.1 Å². The van der Waals surface area contributed by atoms with Crippen LogP contribution < -0.4 is 24.5 Å². The number of methoxy groups -OCH3 is 2. The molecule has 0 radical (unpaired) electrons. The number of anilines is 1. The lowest BCUT2D eigenvalue weighted by molar-refractivity contribution is -0.121. The Kier molecular flexibility index (Phi) is 14.3. The molecule has 0 atom stereocenters. The third-order valence-corrected chi connectivity index (χ3v) is 7.32. The van der Waals surface area contributed by atoms with E-state index in [1.165, 1.54) is 57.1 Å². The number of benzene rings is 2. The molecule has 0 bridgehead atoms. The molecule has 0 spiro atoms. The molecular weight excluding hydrogens is 502 g/mol. The van der Waals surface area contributed by atoms with E-state index < -0.39 is 0 Å². The summed E-state index contributed by atoms with van der Waals surface area (Å²) in [6.45, 7) is 6.14. The second kappa shape index (κ2) is 18.2. The molecule has 1 amide bonds. The first-order chi connectivity index (χ1) is 19.6. The van der Waals surface area contributed by atoms with Gasteiger partial charge in [0.2, 0.25) is 5.75 Å². The van der Waals surface area contributed by atoms with Crippen LogP contribution in [0.4, 0.5) is 5.69 Å².